The molecule has 3 amide bonds. The normalized spacial score (nSPS) is 20.0. The maximum atomic E-state index is 13.7. The van der Waals surface area contributed by atoms with Gasteiger partial charge in [-0.3, -0.25) is 9.69 Å². The molecule has 0 aromatic heterocycles. The average molecular weight is 525 g/mol. The Balaban J connectivity index is 0.000000479. The Bertz CT molecular complexity index is 1140. The molecule has 2 aliphatic heterocycles. The SMILES string of the molecule is CCc1ccc(NC(=O)N2CCC3(C2)CN(c2cccc(F)c2)C(=O)CN3C)cc1.O=C(O)C(F)(F)F. The van der Waals surface area contributed by atoms with Gasteiger partial charge in [-0.2, -0.15) is 13.2 Å². The summed E-state index contributed by atoms with van der Waals surface area (Å²) < 4.78 is 45.4. The minimum Gasteiger partial charge on any atom is -0.475 e. The first-order chi connectivity index (χ1) is 17.3. The van der Waals surface area contributed by atoms with E-state index in [9.17, 15) is 27.2 Å². The molecule has 2 aromatic carbocycles. The monoisotopic (exact) mass is 524 g/mol. The number of likely N-dealkylation sites (tertiary alicyclic amines) is 1. The first-order valence-electron chi connectivity index (χ1n) is 11.6. The molecule has 200 valence electrons. The average Bonchev–Trinajstić information content (AvgIpc) is 3.27. The number of anilines is 2. The van der Waals surface area contributed by atoms with E-state index in [2.05, 4.69) is 12.2 Å². The van der Waals surface area contributed by atoms with Crippen molar-refractivity contribution in [2.45, 2.75) is 31.5 Å². The van der Waals surface area contributed by atoms with E-state index >= 15 is 0 Å². The van der Waals surface area contributed by atoms with E-state index in [1.54, 1.807) is 21.9 Å². The number of carboxylic acid groups (broad SMARTS) is 1. The van der Waals surface area contributed by atoms with Crippen LogP contribution >= 0.6 is 0 Å². The van der Waals surface area contributed by atoms with Crippen LogP contribution in [0.25, 0.3) is 0 Å². The smallest absolute Gasteiger partial charge is 0.475 e. The number of urea groups is 1. The molecule has 2 N–H and O–H groups in total. The Hall–Kier alpha value is -3.67. The van der Waals surface area contributed by atoms with Crippen LogP contribution in [0.3, 0.4) is 0 Å². The topological polar surface area (TPSA) is 93.2 Å². The summed E-state index contributed by atoms with van der Waals surface area (Å²) in [7, 11) is 1.92. The number of halogens is 4. The van der Waals surface area contributed by atoms with Gasteiger partial charge in [0.15, 0.2) is 0 Å². The van der Waals surface area contributed by atoms with Gasteiger partial charge in [-0.05, 0) is 55.8 Å². The number of piperazine rings is 1. The van der Waals surface area contributed by atoms with Gasteiger partial charge in [0.2, 0.25) is 5.91 Å². The molecule has 2 aromatic rings. The lowest BCUT2D eigenvalue weighted by molar-refractivity contribution is -0.192. The number of hydrogen-bond acceptors (Lipinski definition) is 4. The highest BCUT2D eigenvalue weighted by Gasteiger charge is 2.48. The molecule has 1 unspecified atom stereocenters. The van der Waals surface area contributed by atoms with Crippen LogP contribution in [0, 0.1) is 5.82 Å². The van der Waals surface area contributed by atoms with Crippen molar-refractivity contribution in [2.75, 3.05) is 43.4 Å². The molecular formula is C25H28F4N4O4. The summed E-state index contributed by atoms with van der Waals surface area (Å²) >= 11 is 0. The quantitative estimate of drug-likeness (QED) is 0.593. The highest BCUT2D eigenvalue weighted by molar-refractivity contribution is 5.96. The fourth-order valence-electron chi connectivity index (χ4n) is 4.34. The number of benzene rings is 2. The molecule has 1 spiro atoms. The van der Waals surface area contributed by atoms with Gasteiger partial charge in [-0.25, -0.2) is 14.0 Å². The van der Waals surface area contributed by atoms with E-state index in [4.69, 9.17) is 9.90 Å². The lowest BCUT2D eigenvalue weighted by Crippen LogP contribution is -2.64. The standard InChI is InChI=1S/C23H27FN4O2.C2HF3O2/c1-3-17-7-9-19(10-8-17)25-22(30)27-12-11-23(15-27)16-28(21(29)14-26(23)2)20-6-4-5-18(24)13-20;3-2(4,5)1(6)7/h4-10,13H,3,11-12,14-16H2,1-2H3,(H,25,30);(H,6,7). The van der Waals surface area contributed by atoms with Crippen molar-refractivity contribution in [2.24, 2.45) is 0 Å². The summed E-state index contributed by atoms with van der Waals surface area (Å²) in [4.78, 5) is 39.8. The summed E-state index contributed by atoms with van der Waals surface area (Å²) in [5.41, 5.74) is 2.21. The Labute approximate surface area is 211 Å². The van der Waals surface area contributed by atoms with Gasteiger partial charge in [-0.15, -0.1) is 0 Å². The summed E-state index contributed by atoms with van der Waals surface area (Å²) in [6.07, 6.45) is -3.37. The maximum absolute atomic E-state index is 13.7. The van der Waals surface area contributed by atoms with Gasteiger partial charge < -0.3 is 20.2 Å². The third-order valence-electron chi connectivity index (χ3n) is 6.53. The minimum absolute atomic E-state index is 0.0624. The number of rotatable bonds is 3. The van der Waals surface area contributed by atoms with Crippen molar-refractivity contribution in [1.29, 1.82) is 0 Å². The van der Waals surface area contributed by atoms with Crippen molar-refractivity contribution in [3.63, 3.8) is 0 Å². The molecule has 4 rings (SSSR count). The zero-order valence-electron chi connectivity index (χ0n) is 20.4. The van der Waals surface area contributed by atoms with Crippen molar-refractivity contribution in [1.82, 2.24) is 9.80 Å². The molecule has 2 saturated heterocycles. The van der Waals surface area contributed by atoms with Crippen molar-refractivity contribution in [3.8, 4) is 0 Å². The molecule has 0 bridgehead atoms. The van der Waals surface area contributed by atoms with E-state index in [0.717, 1.165) is 18.5 Å². The molecule has 0 aliphatic carbocycles. The fraction of sp³-hybridized carbons (Fsp3) is 0.400. The Kier molecular flexibility index (Phi) is 8.42. The highest BCUT2D eigenvalue weighted by Crippen LogP contribution is 2.34. The van der Waals surface area contributed by atoms with E-state index in [0.29, 0.717) is 25.3 Å². The third-order valence-corrected chi connectivity index (χ3v) is 6.53. The van der Waals surface area contributed by atoms with E-state index in [-0.39, 0.29) is 29.8 Å². The van der Waals surface area contributed by atoms with E-state index in [1.165, 1.54) is 17.7 Å². The van der Waals surface area contributed by atoms with Gasteiger partial charge in [0, 0.05) is 31.0 Å². The van der Waals surface area contributed by atoms with E-state index in [1.807, 2.05) is 36.2 Å². The van der Waals surface area contributed by atoms with Crippen molar-refractivity contribution >= 4 is 29.3 Å². The van der Waals surface area contributed by atoms with Gasteiger partial charge in [0.25, 0.3) is 0 Å². The number of carbonyl (C=O) groups excluding carboxylic acids is 2. The van der Waals surface area contributed by atoms with Crippen LogP contribution < -0.4 is 10.2 Å². The fourth-order valence-corrected chi connectivity index (χ4v) is 4.34. The number of carboxylic acids is 1. The minimum atomic E-state index is -5.08. The number of hydrogen-bond donors (Lipinski definition) is 2. The largest absolute Gasteiger partial charge is 0.490 e. The van der Waals surface area contributed by atoms with Gasteiger partial charge in [-0.1, -0.05) is 25.1 Å². The van der Waals surface area contributed by atoms with Crippen LogP contribution in [-0.2, 0) is 16.0 Å². The summed E-state index contributed by atoms with van der Waals surface area (Å²) in [6, 6.07) is 13.8. The number of aliphatic carboxylic acids is 1. The third kappa shape index (κ3) is 6.76. The number of nitrogens with zero attached hydrogens (tertiary/aromatic N) is 3. The van der Waals surface area contributed by atoms with Crippen LogP contribution in [0.15, 0.2) is 48.5 Å². The lowest BCUT2D eigenvalue weighted by Gasteiger charge is -2.46. The molecular weight excluding hydrogens is 496 g/mol. The Morgan fingerprint density at radius 2 is 1.76 bits per heavy atom. The molecule has 0 radical (unpaired) electrons. The second-order valence-electron chi connectivity index (χ2n) is 9.00. The van der Waals surface area contributed by atoms with Gasteiger partial charge in [0.05, 0.1) is 12.1 Å². The van der Waals surface area contributed by atoms with Gasteiger partial charge in [0.1, 0.15) is 5.82 Å². The highest BCUT2D eigenvalue weighted by atomic mass is 19.4. The number of alkyl halides is 3. The molecule has 2 fully saturated rings. The van der Waals surface area contributed by atoms with Crippen LogP contribution in [0.1, 0.15) is 18.9 Å². The molecule has 0 saturated carbocycles. The van der Waals surface area contributed by atoms with Crippen LogP contribution in [-0.4, -0.2) is 77.8 Å². The first kappa shape index (κ1) is 27.9. The molecule has 37 heavy (non-hydrogen) atoms. The number of likely N-dealkylation sites (N-methyl/N-ethyl adjacent to an activating group) is 1. The molecule has 2 heterocycles. The Morgan fingerprint density at radius 1 is 1.11 bits per heavy atom. The zero-order chi connectivity index (χ0) is 27.4. The molecule has 2 aliphatic rings. The van der Waals surface area contributed by atoms with E-state index < -0.39 is 12.1 Å². The molecule has 8 nitrogen and oxygen atoms in total. The van der Waals surface area contributed by atoms with Crippen molar-refractivity contribution < 1.29 is 37.1 Å². The predicted octanol–water partition coefficient (Wildman–Crippen LogP) is 3.98. The second kappa shape index (κ2) is 11.2. The van der Waals surface area contributed by atoms with Crippen LogP contribution in [0.4, 0.5) is 33.7 Å². The first-order valence-corrected chi connectivity index (χ1v) is 11.6. The number of amides is 3. The summed E-state index contributed by atoms with van der Waals surface area (Å²) in [6.45, 7) is 3.89. The molecule has 12 heteroatoms. The van der Waals surface area contributed by atoms with Crippen molar-refractivity contribution in [3.05, 3.63) is 59.9 Å². The number of nitrogens with one attached hydrogen (secondary N) is 1. The number of carbonyl (C=O) groups is 3. The van der Waals surface area contributed by atoms with Crippen LogP contribution in [0.2, 0.25) is 0 Å². The maximum Gasteiger partial charge on any atom is 0.490 e. The number of aryl methyl sites for hydroxylation is 1. The predicted molar refractivity (Wildman–Crippen MR) is 129 cm³/mol. The Morgan fingerprint density at radius 3 is 2.32 bits per heavy atom. The molecule has 1 atom stereocenters. The second-order valence-corrected chi connectivity index (χ2v) is 9.00. The van der Waals surface area contributed by atoms with Gasteiger partial charge >= 0.3 is 18.2 Å². The summed E-state index contributed by atoms with van der Waals surface area (Å²) in [5, 5.41) is 10.1. The summed E-state index contributed by atoms with van der Waals surface area (Å²) in [5.74, 6) is -3.19. The van der Waals surface area contributed by atoms with Crippen LogP contribution in [0.5, 0.6) is 0 Å². The zero-order valence-corrected chi connectivity index (χ0v) is 20.4. The lowest BCUT2D eigenvalue weighted by atomic mass is 9.92.